The van der Waals surface area contributed by atoms with Crippen LogP contribution in [0, 0.1) is 0 Å². The van der Waals surface area contributed by atoms with Crippen molar-refractivity contribution in [1.29, 1.82) is 0 Å². The van der Waals surface area contributed by atoms with Crippen molar-refractivity contribution in [3.63, 3.8) is 0 Å². The van der Waals surface area contributed by atoms with Crippen molar-refractivity contribution in [3.05, 3.63) is 94.6 Å². The summed E-state index contributed by atoms with van der Waals surface area (Å²) in [5, 5.41) is 36.6. The largest absolute Gasteiger partial charge is 0.369 e. The fourth-order valence-corrected chi connectivity index (χ4v) is 12.9. The molecular weight excluding hydrogens is 981 g/mol. The summed E-state index contributed by atoms with van der Waals surface area (Å²) >= 11 is 0. The van der Waals surface area contributed by atoms with Gasteiger partial charge < -0.3 is 46.4 Å². The number of fused-ring (bicyclic) bond motifs is 4. The molecule has 6 aliphatic rings. The van der Waals surface area contributed by atoms with Crippen LogP contribution in [0.1, 0.15) is 162 Å². The van der Waals surface area contributed by atoms with Gasteiger partial charge in [0.15, 0.2) is 0 Å². The standard InChI is InChI=1S/C56H76N14O7/c1-33(57-3)51(71)61-47-23-19-39(27-41-21-25-49(69(41)55(47)75)53(73)59-45-17-9-13-35-11-5-7-15-43(35)45)67-29-37(63-65-67)31-77-32-38-30-68(66-64-38)40-20-24-48(62-52(72)34(2)58-4)56(76)70-42(28-40)22-26-50(70)54(74)60-46-18-10-14-36-12-6-8-16-44(36)46/h5-8,11-12,15-16,29-30,33-34,39-42,45-50,57-58H,9-10,13-14,17-28,31-32H2,1-4H3,(H,59,73)(H,60,74)(H,61,71)(H,62,72)/t33-,34-,39-,40-,41+,42+,45+,46?,47-,48-,49-,50-/m0/s1. The molecule has 2 aromatic heterocycles. The second-order valence-corrected chi connectivity index (χ2v) is 22.2. The Kier molecular flexibility index (Phi) is 16.8. The molecule has 0 radical (unpaired) electrons. The van der Waals surface area contributed by atoms with Gasteiger partial charge in [0.05, 0.1) is 61.9 Å². The Labute approximate surface area is 450 Å². The average molecular weight is 1060 g/mol. The number of ether oxygens (including phenoxy) is 1. The average Bonchev–Trinajstić information content (AvgIpc) is 4.31. The maximum Gasteiger partial charge on any atom is 0.246 e. The minimum atomic E-state index is -0.822. The minimum absolute atomic E-state index is 0.125. The number of aryl methyl sites for hydroxylation is 2. The normalized spacial score (nSPS) is 28.1. The van der Waals surface area contributed by atoms with E-state index in [9.17, 15) is 28.8 Å². The second-order valence-electron chi connectivity index (χ2n) is 22.2. The van der Waals surface area contributed by atoms with E-state index < -0.39 is 36.3 Å². The lowest BCUT2D eigenvalue weighted by molar-refractivity contribution is -0.145. The molecule has 0 spiro atoms. The predicted molar refractivity (Wildman–Crippen MR) is 283 cm³/mol. The number of aromatic nitrogens is 6. The Morgan fingerprint density at radius 3 is 1.39 bits per heavy atom. The van der Waals surface area contributed by atoms with Gasteiger partial charge in [0, 0.05) is 12.1 Å². The van der Waals surface area contributed by atoms with Crippen LogP contribution >= 0.6 is 0 Å². The summed E-state index contributed by atoms with van der Waals surface area (Å²) in [4.78, 5) is 87.4. The first kappa shape index (κ1) is 53.8. The van der Waals surface area contributed by atoms with Crippen LogP contribution in [0.25, 0.3) is 0 Å². The summed E-state index contributed by atoms with van der Waals surface area (Å²) < 4.78 is 9.82. The third-order valence-corrected chi connectivity index (χ3v) is 17.4. The molecule has 4 aliphatic heterocycles. The monoisotopic (exact) mass is 1060 g/mol. The smallest absolute Gasteiger partial charge is 0.246 e. The van der Waals surface area contributed by atoms with Gasteiger partial charge in [-0.1, -0.05) is 59.0 Å². The van der Waals surface area contributed by atoms with E-state index in [1.807, 2.05) is 46.0 Å². The molecule has 77 heavy (non-hydrogen) atoms. The van der Waals surface area contributed by atoms with Crippen LogP contribution in [0.5, 0.6) is 0 Å². The fraction of sp³-hybridized carbons (Fsp3) is 0.607. The number of hydrogen-bond donors (Lipinski definition) is 6. The van der Waals surface area contributed by atoms with E-state index in [2.05, 4.69) is 76.8 Å². The molecule has 4 saturated heterocycles. The number of nitrogens with one attached hydrogen (secondary N) is 6. The van der Waals surface area contributed by atoms with Crippen LogP contribution in [-0.4, -0.2) is 138 Å². The van der Waals surface area contributed by atoms with Gasteiger partial charge >= 0.3 is 0 Å². The van der Waals surface area contributed by atoms with Crippen molar-refractivity contribution in [2.24, 2.45) is 0 Å². The summed E-state index contributed by atoms with van der Waals surface area (Å²) in [6, 6.07) is 11.4. The molecule has 2 aliphatic carbocycles. The molecule has 21 heteroatoms. The van der Waals surface area contributed by atoms with Gasteiger partial charge in [0.25, 0.3) is 0 Å². The van der Waals surface area contributed by atoms with E-state index in [0.717, 1.165) is 49.7 Å². The number of likely N-dealkylation sites (N-methyl/N-ethyl adjacent to an activating group) is 2. The second kappa shape index (κ2) is 24.0. The maximum absolute atomic E-state index is 14.5. The highest BCUT2D eigenvalue weighted by Gasteiger charge is 2.48. The molecule has 0 bridgehead atoms. The van der Waals surface area contributed by atoms with E-state index >= 15 is 0 Å². The Morgan fingerprint density at radius 2 is 0.961 bits per heavy atom. The number of rotatable bonds is 16. The van der Waals surface area contributed by atoms with Crippen LogP contribution < -0.4 is 31.9 Å². The third-order valence-electron chi connectivity index (χ3n) is 17.4. The first-order valence-electron chi connectivity index (χ1n) is 28.1. The molecule has 4 aromatic rings. The number of hydrogen-bond acceptors (Lipinski definition) is 13. The molecule has 10 rings (SSSR count). The van der Waals surface area contributed by atoms with Crippen molar-refractivity contribution in [2.45, 2.75) is 202 Å². The summed E-state index contributed by atoms with van der Waals surface area (Å²) in [6.45, 7) is 3.78. The number of carbonyl (C=O) groups excluding carboxylic acids is 6. The van der Waals surface area contributed by atoms with Gasteiger partial charge in [-0.2, -0.15) is 0 Å². The Morgan fingerprint density at radius 1 is 0.545 bits per heavy atom. The summed E-state index contributed by atoms with van der Waals surface area (Å²) in [7, 11) is 3.40. The summed E-state index contributed by atoms with van der Waals surface area (Å²) in [6.07, 6.45) is 14.5. The topological polar surface area (TPSA) is 252 Å². The molecule has 6 N–H and O–H groups in total. The van der Waals surface area contributed by atoms with E-state index in [1.165, 1.54) is 11.1 Å². The Balaban J connectivity index is 0.788. The van der Waals surface area contributed by atoms with E-state index in [1.54, 1.807) is 37.7 Å². The SMILES string of the molecule is CN[C@@H](C)C(=O)N[C@H]1CC[C@H](n2cc(COCc3cn([C@H]4CC[C@H](NC(=O)[C@H](C)NC)C(=O)N5[C@H](CC[C@H]5C(=O)N[C@@H]5CCCc6ccccc65)C4)nn3)nn2)C[C@H]2CC[C@@H](C(=O)NC3CCCc4ccccc43)N2C1=O. The Hall–Kier alpha value is -6.58. The molecule has 12 atom stereocenters. The highest BCUT2D eigenvalue weighted by atomic mass is 16.5. The number of amides is 6. The quantitative estimate of drug-likeness (QED) is 0.0944. The van der Waals surface area contributed by atoms with Crippen LogP contribution in [0.15, 0.2) is 60.9 Å². The molecule has 2 aromatic carbocycles. The van der Waals surface area contributed by atoms with Gasteiger partial charge in [-0.3, -0.25) is 28.8 Å². The van der Waals surface area contributed by atoms with E-state index in [4.69, 9.17) is 4.74 Å². The lowest BCUT2D eigenvalue weighted by atomic mass is 9.87. The zero-order valence-electron chi connectivity index (χ0n) is 44.9. The van der Waals surface area contributed by atoms with E-state index in [0.29, 0.717) is 75.6 Å². The van der Waals surface area contributed by atoms with Crippen LogP contribution in [-0.2, 0) is 59.6 Å². The number of nitrogens with zero attached hydrogens (tertiary/aromatic N) is 8. The van der Waals surface area contributed by atoms with Gasteiger partial charge in [-0.15, -0.1) is 10.2 Å². The molecule has 0 saturated carbocycles. The fourth-order valence-electron chi connectivity index (χ4n) is 12.9. The van der Waals surface area contributed by atoms with Crippen LogP contribution in [0.4, 0.5) is 0 Å². The summed E-state index contributed by atoms with van der Waals surface area (Å²) in [5.41, 5.74) is 5.96. The zero-order chi connectivity index (χ0) is 53.7. The van der Waals surface area contributed by atoms with Gasteiger partial charge in [0.2, 0.25) is 35.4 Å². The first-order chi connectivity index (χ1) is 37.4. The van der Waals surface area contributed by atoms with Crippen molar-refractivity contribution < 1.29 is 33.5 Å². The first-order valence-corrected chi connectivity index (χ1v) is 28.1. The van der Waals surface area contributed by atoms with Crippen LogP contribution in [0.3, 0.4) is 0 Å². The molecule has 21 nitrogen and oxygen atoms in total. The molecule has 6 amide bonds. The van der Waals surface area contributed by atoms with Gasteiger partial charge in [-0.05, 0) is 153 Å². The number of carbonyl (C=O) groups is 6. The van der Waals surface area contributed by atoms with Gasteiger partial charge in [0.1, 0.15) is 35.6 Å². The molecule has 4 fully saturated rings. The maximum atomic E-state index is 14.5. The van der Waals surface area contributed by atoms with Crippen LogP contribution in [0.2, 0.25) is 0 Å². The third kappa shape index (κ3) is 11.8. The zero-order valence-corrected chi connectivity index (χ0v) is 44.9. The lowest BCUT2D eigenvalue weighted by Crippen LogP contribution is -2.58. The van der Waals surface area contributed by atoms with Crippen molar-refractivity contribution >= 4 is 35.4 Å². The predicted octanol–water partition coefficient (Wildman–Crippen LogP) is 3.33. The Bertz CT molecular complexity index is 2600. The highest BCUT2D eigenvalue weighted by molar-refractivity contribution is 5.95. The number of benzene rings is 2. The van der Waals surface area contributed by atoms with Crippen molar-refractivity contribution in [2.75, 3.05) is 14.1 Å². The summed E-state index contributed by atoms with van der Waals surface area (Å²) in [5.74, 6) is -1.37. The minimum Gasteiger partial charge on any atom is -0.369 e. The van der Waals surface area contributed by atoms with Crippen molar-refractivity contribution in [3.8, 4) is 0 Å². The molecule has 1 unspecified atom stereocenters. The lowest BCUT2D eigenvalue weighted by Gasteiger charge is -2.38. The molecular formula is C56H76N14O7. The highest BCUT2D eigenvalue weighted by Crippen LogP contribution is 2.39. The molecule has 412 valence electrons. The van der Waals surface area contributed by atoms with Gasteiger partial charge in [-0.25, -0.2) is 9.36 Å². The molecule has 6 heterocycles. The van der Waals surface area contributed by atoms with E-state index in [-0.39, 0.29) is 84.9 Å². The van der Waals surface area contributed by atoms with Crippen molar-refractivity contribution in [1.82, 2.24) is 71.7 Å².